The first kappa shape index (κ1) is 14.4. The van der Waals surface area contributed by atoms with E-state index < -0.39 is 6.09 Å². The Morgan fingerprint density at radius 3 is 2.16 bits per heavy atom. The highest BCUT2D eigenvalue weighted by Crippen LogP contribution is 2.27. The second-order valence-corrected chi connectivity index (χ2v) is 5.56. The van der Waals surface area contributed by atoms with Gasteiger partial charge in [-0.05, 0) is 30.7 Å². The predicted molar refractivity (Wildman–Crippen MR) is 76.0 cm³/mol. The third-order valence-electron chi connectivity index (χ3n) is 3.50. The minimum absolute atomic E-state index is 0.173. The zero-order valence-corrected chi connectivity index (χ0v) is 12.2. The van der Waals surface area contributed by atoms with E-state index >= 15 is 0 Å². The monoisotopic (exact) mass is 302 g/mol. The molecule has 0 aromatic heterocycles. The van der Waals surface area contributed by atoms with Gasteiger partial charge in [-0.2, -0.15) is 0 Å². The fraction of sp³-hybridized carbons (Fsp3) is 0.462. The molecule has 1 aromatic rings. The maximum Gasteiger partial charge on any atom is 0.407 e. The van der Waals surface area contributed by atoms with Crippen molar-refractivity contribution in [2.75, 3.05) is 26.2 Å². The van der Waals surface area contributed by atoms with Crippen molar-refractivity contribution in [3.8, 4) is 0 Å². The summed E-state index contributed by atoms with van der Waals surface area (Å²) in [6.45, 7) is 4.59. The van der Waals surface area contributed by atoms with Crippen LogP contribution in [0, 0.1) is 0 Å². The minimum atomic E-state index is -0.849. The lowest BCUT2D eigenvalue weighted by Crippen LogP contribution is -2.48. The summed E-state index contributed by atoms with van der Waals surface area (Å²) in [6.07, 6.45) is -0.849. The molecule has 1 N–H and O–H groups in total. The van der Waals surface area contributed by atoms with E-state index in [-0.39, 0.29) is 6.04 Å². The molecule has 1 unspecified atom stereocenters. The number of amides is 1. The molecule has 1 amide bonds. The van der Waals surface area contributed by atoms with Crippen LogP contribution in [0.2, 0.25) is 10.0 Å². The van der Waals surface area contributed by atoms with Crippen molar-refractivity contribution in [3.63, 3.8) is 0 Å². The number of carboxylic acid groups (broad SMARTS) is 1. The molecule has 0 bridgehead atoms. The van der Waals surface area contributed by atoms with Crippen molar-refractivity contribution in [2.45, 2.75) is 13.0 Å². The second kappa shape index (κ2) is 5.99. The number of carbonyl (C=O) groups is 1. The fourth-order valence-electron chi connectivity index (χ4n) is 2.33. The summed E-state index contributed by atoms with van der Waals surface area (Å²) in [5.41, 5.74) is 1.06. The van der Waals surface area contributed by atoms with Crippen LogP contribution in [-0.2, 0) is 0 Å². The van der Waals surface area contributed by atoms with E-state index in [1.165, 1.54) is 4.90 Å². The van der Waals surface area contributed by atoms with Crippen molar-refractivity contribution in [2.24, 2.45) is 0 Å². The molecule has 0 spiro atoms. The van der Waals surface area contributed by atoms with E-state index in [9.17, 15) is 4.79 Å². The van der Waals surface area contributed by atoms with Gasteiger partial charge >= 0.3 is 6.09 Å². The standard InChI is InChI=1S/C13H16Cl2N2O2/c1-9(10-6-11(14)8-12(15)7-10)16-2-4-17(5-3-16)13(18)19/h6-9H,2-5H2,1H3,(H,18,19). The highest BCUT2D eigenvalue weighted by molar-refractivity contribution is 6.34. The second-order valence-electron chi connectivity index (χ2n) is 4.68. The molecule has 2 rings (SSSR count). The van der Waals surface area contributed by atoms with Gasteiger partial charge < -0.3 is 10.0 Å². The number of hydrogen-bond donors (Lipinski definition) is 1. The summed E-state index contributed by atoms with van der Waals surface area (Å²) in [5, 5.41) is 10.2. The molecule has 0 saturated carbocycles. The van der Waals surface area contributed by atoms with E-state index in [2.05, 4.69) is 11.8 Å². The molecular formula is C13H16Cl2N2O2. The average molecular weight is 303 g/mol. The molecule has 6 heteroatoms. The Morgan fingerprint density at radius 2 is 1.68 bits per heavy atom. The van der Waals surface area contributed by atoms with Crippen LogP contribution in [0.3, 0.4) is 0 Å². The number of hydrogen-bond acceptors (Lipinski definition) is 2. The molecule has 1 aromatic carbocycles. The first-order chi connectivity index (χ1) is 8.97. The van der Waals surface area contributed by atoms with Crippen LogP contribution in [-0.4, -0.2) is 47.2 Å². The van der Waals surface area contributed by atoms with E-state index in [1.807, 2.05) is 12.1 Å². The lowest BCUT2D eigenvalue weighted by Gasteiger charge is -2.37. The highest BCUT2D eigenvalue weighted by Gasteiger charge is 2.24. The van der Waals surface area contributed by atoms with Crippen molar-refractivity contribution in [1.29, 1.82) is 0 Å². The first-order valence-electron chi connectivity index (χ1n) is 6.15. The van der Waals surface area contributed by atoms with Gasteiger partial charge in [0.25, 0.3) is 0 Å². The molecule has 19 heavy (non-hydrogen) atoms. The number of piperazine rings is 1. The Hall–Kier alpha value is -0.970. The van der Waals surface area contributed by atoms with Crippen LogP contribution in [0.5, 0.6) is 0 Å². The zero-order valence-electron chi connectivity index (χ0n) is 10.6. The van der Waals surface area contributed by atoms with Gasteiger partial charge in [-0.1, -0.05) is 23.2 Å². The van der Waals surface area contributed by atoms with E-state index in [0.29, 0.717) is 23.1 Å². The molecule has 1 atom stereocenters. The largest absolute Gasteiger partial charge is 0.465 e. The third kappa shape index (κ3) is 3.53. The zero-order chi connectivity index (χ0) is 14.0. The van der Waals surface area contributed by atoms with Crippen molar-refractivity contribution in [3.05, 3.63) is 33.8 Å². The summed E-state index contributed by atoms with van der Waals surface area (Å²) in [4.78, 5) is 14.5. The average Bonchev–Trinajstić information content (AvgIpc) is 2.37. The van der Waals surface area contributed by atoms with Gasteiger partial charge in [0.05, 0.1) is 0 Å². The van der Waals surface area contributed by atoms with E-state index in [4.69, 9.17) is 28.3 Å². The summed E-state index contributed by atoms with van der Waals surface area (Å²) in [6, 6.07) is 5.69. The van der Waals surface area contributed by atoms with E-state index in [0.717, 1.165) is 18.7 Å². The van der Waals surface area contributed by atoms with Crippen LogP contribution in [0.25, 0.3) is 0 Å². The van der Waals surface area contributed by atoms with E-state index in [1.54, 1.807) is 6.07 Å². The Labute approximate surface area is 122 Å². The maximum atomic E-state index is 10.9. The molecular weight excluding hydrogens is 287 g/mol. The summed E-state index contributed by atoms with van der Waals surface area (Å²) >= 11 is 12.0. The molecule has 0 radical (unpaired) electrons. The van der Waals surface area contributed by atoms with Gasteiger partial charge in [0, 0.05) is 42.3 Å². The third-order valence-corrected chi connectivity index (χ3v) is 3.94. The SMILES string of the molecule is CC(c1cc(Cl)cc(Cl)c1)N1CCN(C(=O)O)CC1. The summed E-state index contributed by atoms with van der Waals surface area (Å²) < 4.78 is 0. The smallest absolute Gasteiger partial charge is 0.407 e. The van der Waals surface area contributed by atoms with Crippen molar-refractivity contribution >= 4 is 29.3 Å². The molecule has 1 fully saturated rings. The van der Waals surface area contributed by atoms with Crippen LogP contribution >= 0.6 is 23.2 Å². The lowest BCUT2D eigenvalue weighted by atomic mass is 10.1. The Bertz CT molecular complexity index is 453. The molecule has 104 valence electrons. The molecule has 4 nitrogen and oxygen atoms in total. The van der Waals surface area contributed by atoms with Crippen molar-refractivity contribution < 1.29 is 9.90 Å². The van der Waals surface area contributed by atoms with Gasteiger partial charge in [0.1, 0.15) is 0 Å². The molecule has 1 saturated heterocycles. The number of rotatable bonds is 2. The van der Waals surface area contributed by atoms with Crippen LogP contribution in [0.1, 0.15) is 18.5 Å². The number of benzene rings is 1. The van der Waals surface area contributed by atoms with Crippen LogP contribution in [0.4, 0.5) is 4.79 Å². The Balaban J connectivity index is 2.04. The number of nitrogens with zero attached hydrogens (tertiary/aromatic N) is 2. The fourth-order valence-corrected chi connectivity index (χ4v) is 2.87. The van der Waals surface area contributed by atoms with Crippen molar-refractivity contribution in [1.82, 2.24) is 9.80 Å². The van der Waals surface area contributed by atoms with Gasteiger partial charge in [-0.3, -0.25) is 4.90 Å². The highest BCUT2D eigenvalue weighted by atomic mass is 35.5. The Kier molecular flexibility index (Phi) is 4.55. The molecule has 0 aliphatic carbocycles. The molecule has 1 heterocycles. The minimum Gasteiger partial charge on any atom is -0.465 e. The molecule has 1 aliphatic rings. The van der Waals surface area contributed by atoms with Gasteiger partial charge in [0.15, 0.2) is 0 Å². The topological polar surface area (TPSA) is 43.8 Å². The quantitative estimate of drug-likeness (QED) is 0.911. The predicted octanol–water partition coefficient (Wildman–Crippen LogP) is 3.35. The normalized spacial score (nSPS) is 18.4. The number of halogens is 2. The summed E-state index contributed by atoms with van der Waals surface area (Å²) in [7, 11) is 0. The van der Waals surface area contributed by atoms with Gasteiger partial charge in [-0.15, -0.1) is 0 Å². The Morgan fingerprint density at radius 1 is 1.16 bits per heavy atom. The van der Waals surface area contributed by atoms with Gasteiger partial charge in [-0.25, -0.2) is 4.79 Å². The first-order valence-corrected chi connectivity index (χ1v) is 6.91. The summed E-state index contributed by atoms with van der Waals surface area (Å²) in [5.74, 6) is 0. The lowest BCUT2D eigenvalue weighted by molar-refractivity contribution is 0.0889. The maximum absolute atomic E-state index is 10.9. The van der Waals surface area contributed by atoms with Crippen LogP contribution < -0.4 is 0 Å². The molecule has 1 aliphatic heterocycles. The van der Waals surface area contributed by atoms with Gasteiger partial charge in [0.2, 0.25) is 0 Å². The van der Waals surface area contributed by atoms with Crippen LogP contribution in [0.15, 0.2) is 18.2 Å².